The standard InChI is InChI=1S/C13H17BrN2O2/c14-10-2-4-11(5-3-10)16-12(18)8-15-13(9-17)6-1-7-13/h2-5,15,17H,1,6-9H2,(H,16,18). The molecule has 0 heterocycles. The van der Waals surface area contributed by atoms with E-state index in [2.05, 4.69) is 26.6 Å². The van der Waals surface area contributed by atoms with E-state index in [1.54, 1.807) is 0 Å². The van der Waals surface area contributed by atoms with E-state index >= 15 is 0 Å². The third-order valence-corrected chi connectivity index (χ3v) is 3.89. The van der Waals surface area contributed by atoms with Crippen molar-refractivity contribution < 1.29 is 9.90 Å². The van der Waals surface area contributed by atoms with E-state index in [1.807, 2.05) is 24.3 Å². The number of hydrogen-bond acceptors (Lipinski definition) is 3. The molecule has 0 bridgehead atoms. The van der Waals surface area contributed by atoms with Crippen LogP contribution in [0, 0.1) is 0 Å². The zero-order chi connectivity index (χ0) is 13.0. The molecular formula is C13H17BrN2O2. The van der Waals surface area contributed by atoms with Gasteiger partial charge in [-0.2, -0.15) is 0 Å². The van der Waals surface area contributed by atoms with Crippen molar-refractivity contribution in [3.8, 4) is 0 Å². The third kappa shape index (κ3) is 3.31. The van der Waals surface area contributed by atoms with Gasteiger partial charge in [0, 0.05) is 15.7 Å². The summed E-state index contributed by atoms with van der Waals surface area (Å²) in [5.74, 6) is -0.0861. The lowest BCUT2D eigenvalue weighted by Gasteiger charge is -2.41. The van der Waals surface area contributed by atoms with E-state index in [0.717, 1.165) is 29.4 Å². The zero-order valence-corrected chi connectivity index (χ0v) is 11.7. The number of anilines is 1. The van der Waals surface area contributed by atoms with Crippen molar-refractivity contribution in [1.82, 2.24) is 5.32 Å². The van der Waals surface area contributed by atoms with Crippen LogP contribution in [0.1, 0.15) is 19.3 Å². The molecular weight excluding hydrogens is 296 g/mol. The maximum absolute atomic E-state index is 11.7. The Labute approximate surface area is 115 Å². The summed E-state index contributed by atoms with van der Waals surface area (Å²) in [6.45, 7) is 0.329. The highest BCUT2D eigenvalue weighted by molar-refractivity contribution is 9.10. The molecule has 2 rings (SSSR count). The van der Waals surface area contributed by atoms with Crippen LogP contribution in [-0.4, -0.2) is 29.7 Å². The largest absolute Gasteiger partial charge is 0.394 e. The fraction of sp³-hybridized carbons (Fsp3) is 0.462. The van der Waals surface area contributed by atoms with Crippen molar-refractivity contribution in [2.45, 2.75) is 24.8 Å². The van der Waals surface area contributed by atoms with Crippen molar-refractivity contribution in [2.24, 2.45) is 0 Å². The quantitative estimate of drug-likeness (QED) is 0.778. The van der Waals surface area contributed by atoms with E-state index in [1.165, 1.54) is 0 Å². The number of hydrogen-bond donors (Lipinski definition) is 3. The molecule has 98 valence electrons. The van der Waals surface area contributed by atoms with Crippen molar-refractivity contribution in [1.29, 1.82) is 0 Å². The van der Waals surface area contributed by atoms with Gasteiger partial charge in [-0.05, 0) is 43.5 Å². The highest BCUT2D eigenvalue weighted by Gasteiger charge is 2.35. The molecule has 1 amide bonds. The van der Waals surface area contributed by atoms with Gasteiger partial charge in [-0.3, -0.25) is 4.79 Å². The van der Waals surface area contributed by atoms with Crippen LogP contribution in [0.2, 0.25) is 0 Å². The summed E-state index contributed by atoms with van der Waals surface area (Å²) < 4.78 is 0.979. The number of nitrogens with one attached hydrogen (secondary N) is 2. The fourth-order valence-electron chi connectivity index (χ4n) is 2.00. The molecule has 0 unspecified atom stereocenters. The van der Waals surface area contributed by atoms with Crippen molar-refractivity contribution >= 4 is 27.5 Å². The van der Waals surface area contributed by atoms with E-state index in [9.17, 15) is 9.90 Å². The molecule has 18 heavy (non-hydrogen) atoms. The number of benzene rings is 1. The number of amides is 1. The molecule has 0 spiro atoms. The summed E-state index contributed by atoms with van der Waals surface area (Å²) in [6, 6.07) is 7.44. The summed E-state index contributed by atoms with van der Waals surface area (Å²) in [4.78, 5) is 11.7. The van der Waals surface area contributed by atoms with E-state index in [0.29, 0.717) is 0 Å². The predicted octanol–water partition coefficient (Wildman–Crippen LogP) is 1.89. The molecule has 1 aliphatic rings. The molecule has 0 radical (unpaired) electrons. The molecule has 0 aliphatic heterocycles. The van der Waals surface area contributed by atoms with Crippen molar-refractivity contribution in [3.05, 3.63) is 28.7 Å². The average Bonchev–Trinajstić information content (AvgIpc) is 2.31. The first-order chi connectivity index (χ1) is 8.63. The Kier molecular flexibility index (Phi) is 4.37. The number of halogens is 1. The molecule has 4 nitrogen and oxygen atoms in total. The van der Waals surface area contributed by atoms with Crippen LogP contribution in [0.15, 0.2) is 28.7 Å². The van der Waals surface area contributed by atoms with E-state index in [-0.39, 0.29) is 24.6 Å². The van der Waals surface area contributed by atoms with Crippen LogP contribution >= 0.6 is 15.9 Å². The Morgan fingerprint density at radius 1 is 1.33 bits per heavy atom. The molecule has 5 heteroatoms. The second-order valence-corrected chi connectivity index (χ2v) is 5.62. The highest BCUT2D eigenvalue weighted by Crippen LogP contribution is 2.30. The van der Waals surface area contributed by atoms with Gasteiger partial charge in [-0.1, -0.05) is 15.9 Å². The second kappa shape index (κ2) is 5.82. The summed E-state index contributed by atoms with van der Waals surface area (Å²) in [6.07, 6.45) is 2.99. The molecule has 1 fully saturated rings. The smallest absolute Gasteiger partial charge is 0.238 e. The average molecular weight is 313 g/mol. The lowest BCUT2D eigenvalue weighted by Crippen LogP contribution is -2.55. The van der Waals surface area contributed by atoms with Gasteiger partial charge in [0.25, 0.3) is 0 Å². The Bertz CT molecular complexity index is 410. The molecule has 3 N–H and O–H groups in total. The number of carbonyl (C=O) groups is 1. The zero-order valence-electron chi connectivity index (χ0n) is 10.1. The van der Waals surface area contributed by atoms with E-state index in [4.69, 9.17) is 0 Å². The summed E-state index contributed by atoms with van der Waals surface area (Å²) >= 11 is 3.34. The van der Waals surface area contributed by atoms with Crippen molar-refractivity contribution in [3.63, 3.8) is 0 Å². The van der Waals surface area contributed by atoms with Gasteiger partial charge in [0.2, 0.25) is 5.91 Å². The van der Waals surface area contributed by atoms with Crippen LogP contribution in [0.25, 0.3) is 0 Å². The molecule has 1 saturated carbocycles. The second-order valence-electron chi connectivity index (χ2n) is 4.70. The first-order valence-electron chi connectivity index (χ1n) is 6.05. The monoisotopic (exact) mass is 312 g/mol. The van der Waals surface area contributed by atoms with Gasteiger partial charge < -0.3 is 15.7 Å². The number of aliphatic hydroxyl groups is 1. The van der Waals surface area contributed by atoms with Crippen LogP contribution in [0.4, 0.5) is 5.69 Å². The lowest BCUT2D eigenvalue weighted by atomic mass is 9.77. The van der Waals surface area contributed by atoms with E-state index < -0.39 is 0 Å². The van der Waals surface area contributed by atoms with Gasteiger partial charge in [-0.25, -0.2) is 0 Å². The Balaban J connectivity index is 1.80. The van der Waals surface area contributed by atoms with Crippen LogP contribution < -0.4 is 10.6 Å². The summed E-state index contributed by atoms with van der Waals surface area (Å²) in [5, 5.41) is 15.2. The highest BCUT2D eigenvalue weighted by atomic mass is 79.9. The third-order valence-electron chi connectivity index (χ3n) is 3.37. The normalized spacial score (nSPS) is 17.0. The lowest BCUT2D eigenvalue weighted by molar-refractivity contribution is -0.116. The molecule has 0 saturated heterocycles. The number of aliphatic hydroxyl groups excluding tert-OH is 1. The topological polar surface area (TPSA) is 61.4 Å². The Hall–Kier alpha value is -0.910. The van der Waals surface area contributed by atoms with Gasteiger partial charge in [0.05, 0.1) is 13.2 Å². The summed E-state index contributed by atoms with van der Waals surface area (Å²) in [5.41, 5.74) is 0.550. The molecule has 1 aromatic carbocycles. The predicted molar refractivity (Wildman–Crippen MR) is 74.4 cm³/mol. The van der Waals surface area contributed by atoms with Crippen LogP contribution in [-0.2, 0) is 4.79 Å². The number of rotatable bonds is 5. The molecule has 0 atom stereocenters. The van der Waals surface area contributed by atoms with Gasteiger partial charge >= 0.3 is 0 Å². The SMILES string of the molecule is O=C(CNC1(CO)CCC1)Nc1ccc(Br)cc1. The van der Waals surface area contributed by atoms with Crippen LogP contribution in [0.3, 0.4) is 0 Å². The maximum atomic E-state index is 11.7. The first-order valence-corrected chi connectivity index (χ1v) is 6.84. The summed E-state index contributed by atoms with van der Waals surface area (Å²) in [7, 11) is 0. The van der Waals surface area contributed by atoms with Gasteiger partial charge in [0.15, 0.2) is 0 Å². The first kappa shape index (κ1) is 13.5. The molecule has 1 aliphatic carbocycles. The van der Waals surface area contributed by atoms with Gasteiger partial charge in [0.1, 0.15) is 0 Å². The minimum atomic E-state index is -0.225. The number of carbonyl (C=O) groups excluding carboxylic acids is 1. The molecule has 1 aromatic rings. The van der Waals surface area contributed by atoms with Crippen LogP contribution in [0.5, 0.6) is 0 Å². The van der Waals surface area contributed by atoms with Crippen molar-refractivity contribution in [2.75, 3.05) is 18.5 Å². The molecule has 0 aromatic heterocycles. The minimum Gasteiger partial charge on any atom is -0.394 e. The minimum absolute atomic E-state index is 0.0861. The Morgan fingerprint density at radius 3 is 2.50 bits per heavy atom. The fourth-order valence-corrected chi connectivity index (χ4v) is 2.26. The maximum Gasteiger partial charge on any atom is 0.238 e. The Morgan fingerprint density at radius 2 is 2.00 bits per heavy atom. The van der Waals surface area contributed by atoms with Gasteiger partial charge in [-0.15, -0.1) is 0 Å².